The molecule has 0 heterocycles. The molecule has 0 bridgehead atoms. The number of carbonyl (C=O) groups is 2. The van der Waals surface area contributed by atoms with Crippen LogP contribution in [0, 0.1) is 5.92 Å². The second-order valence-corrected chi connectivity index (χ2v) is 5.10. The van der Waals surface area contributed by atoms with Crippen molar-refractivity contribution in [2.75, 3.05) is 0 Å². The number of halogens is 3. The van der Waals surface area contributed by atoms with Crippen molar-refractivity contribution in [2.24, 2.45) is 5.92 Å². The molecule has 4 nitrogen and oxygen atoms in total. The van der Waals surface area contributed by atoms with Crippen molar-refractivity contribution in [2.45, 2.75) is 38.9 Å². The maximum absolute atomic E-state index is 12.8. The first-order chi connectivity index (χ1) is 10.2. The van der Waals surface area contributed by atoms with Crippen LogP contribution in [0.25, 0.3) is 0 Å². The number of hydrogen-bond donors (Lipinski definition) is 2. The van der Waals surface area contributed by atoms with Crippen molar-refractivity contribution < 1.29 is 27.9 Å². The van der Waals surface area contributed by atoms with Gasteiger partial charge >= 0.3 is 12.1 Å². The molecule has 122 valence electrons. The van der Waals surface area contributed by atoms with Gasteiger partial charge in [0.1, 0.15) is 6.04 Å². The summed E-state index contributed by atoms with van der Waals surface area (Å²) in [7, 11) is 0. The summed E-state index contributed by atoms with van der Waals surface area (Å²) < 4.78 is 38.5. The van der Waals surface area contributed by atoms with Crippen LogP contribution in [-0.4, -0.2) is 23.0 Å². The molecule has 2 N–H and O–H groups in total. The molecule has 2 atom stereocenters. The fourth-order valence-electron chi connectivity index (χ4n) is 2.03. The number of amides is 1. The number of rotatable bonds is 6. The van der Waals surface area contributed by atoms with Gasteiger partial charge in [-0.2, -0.15) is 13.2 Å². The molecule has 0 aliphatic heterocycles. The largest absolute Gasteiger partial charge is 0.480 e. The van der Waals surface area contributed by atoms with E-state index >= 15 is 0 Å². The Morgan fingerprint density at radius 1 is 1.27 bits per heavy atom. The molecule has 1 amide bonds. The van der Waals surface area contributed by atoms with E-state index in [4.69, 9.17) is 5.11 Å². The summed E-state index contributed by atoms with van der Waals surface area (Å²) >= 11 is 0. The number of hydrogen-bond acceptors (Lipinski definition) is 2. The molecule has 0 unspecified atom stereocenters. The number of carbonyl (C=O) groups excluding carboxylic acids is 1. The Morgan fingerprint density at radius 3 is 2.36 bits per heavy atom. The van der Waals surface area contributed by atoms with Gasteiger partial charge in [0, 0.05) is 0 Å². The van der Waals surface area contributed by atoms with E-state index in [1.54, 1.807) is 13.8 Å². The molecule has 1 rings (SSSR count). The summed E-state index contributed by atoms with van der Waals surface area (Å²) in [6.45, 7) is 3.43. The second kappa shape index (κ2) is 7.29. The lowest BCUT2D eigenvalue weighted by molar-refractivity contribution is -0.143. The van der Waals surface area contributed by atoms with Crippen LogP contribution in [-0.2, 0) is 22.2 Å². The first kappa shape index (κ1) is 18.0. The van der Waals surface area contributed by atoms with Crippen LogP contribution in [0.4, 0.5) is 13.2 Å². The van der Waals surface area contributed by atoms with Crippen molar-refractivity contribution >= 4 is 11.9 Å². The van der Waals surface area contributed by atoms with Gasteiger partial charge in [0.15, 0.2) is 0 Å². The van der Waals surface area contributed by atoms with Gasteiger partial charge in [-0.05, 0) is 17.5 Å². The van der Waals surface area contributed by atoms with E-state index in [2.05, 4.69) is 5.32 Å². The van der Waals surface area contributed by atoms with Gasteiger partial charge in [0.05, 0.1) is 12.0 Å². The fraction of sp³-hybridized carbons (Fsp3) is 0.467. The number of carboxylic acid groups (broad SMARTS) is 1. The monoisotopic (exact) mass is 317 g/mol. The zero-order valence-electron chi connectivity index (χ0n) is 12.3. The lowest BCUT2D eigenvalue weighted by atomic mass is 9.98. The van der Waals surface area contributed by atoms with Crippen molar-refractivity contribution in [1.82, 2.24) is 5.32 Å². The Bertz CT molecular complexity index is 543. The molecule has 0 saturated heterocycles. The Hall–Kier alpha value is -2.05. The van der Waals surface area contributed by atoms with Gasteiger partial charge in [0.25, 0.3) is 0 Å². The molecule has 7 heteroatoms. The maximum Gasteiger partial charge on any atom is 0.416 e. The summed E-state index contributed by atoms with van der Waals surface area (Å²) in [5.74, 6) is -2.27. The molecule has 0 radical (unpaired) electrons. The average Bonchev–Trinajstić information content (AvgIpc) is 2.43. The number of nitrogens with one attached hydrogen (secondary N) is 1. The average molecular weight is 317 g/mol. The summed E-state index contributed by atoms with van der Waals surface area (Å²) in [5.41, 5.74) is -1.07. The summed E-state index contributed by atoms with van der Waals surface area (Å²) in [5, 5.41) is 11.4. The molecule has 1 aromatic carbocycles. The van der Waals surface area contributed by atoms with Gasteiger partial charge < -0.3 is 10.4 Å². The highest BCUT2D eigenvalue weighted by molar-refractivity contribution is 5.85. The first-order valence-electron chi connectivity index (χ1n) is 6.84. The van der Waals surface area contributed by atoms with E-state index in [1.807, 2.05) is 0 Å². The van der Waals surface area contributed by atoms with Crippen molar-refractivity contribution in [3.05, 3.63) is 35.4 Å². The fourth-order valence-corrected chi connectivity index (χ4v) is 2.03. The van der Waals surface area contributed by atoms with Crippen molar-refractivity contribution in [3.8, 4) is 0 Å². The highest BCUT2D eigenvalue weighted by atomic mass is 19.4. The zero-order chi connectivity index (χ0) is 16.9. The van der Waals surface area contributed by atoms with E-state index in [0.29, 0.717) is 6.42 Å². The molecule has 0 fully saturated rings. The van der Waals surface area contributed by atoms with Crippen LogP contribution in [0.2, 0.25) is 0 Å². The number of benzene rings is 1. The minimum absolute atomic E-state index is 0.180. The molecule has 0 aliphatic carbocycles. The van der Waals surface area contributed by atoms with Crippen LogP contribution in [0.3, 0.4) is 0 Å². The van der Waals surface area contributed by atoms with E-state index in [-0.39, 0.29) is 11.5 Å². The van der Waals surface area contributed by atoms with Gasteiger partial charge in [-0.25, -0.2) is 4.79 Å². The van der Waals surface area contributed by atoms with Crippen LogP contribution < -0.4 is 5.32 Å². The van der Waals surface area contributed by atoms with E-state index in [0.717, 1.165) is 6.07 Å². The Kier molecular flexibility index (Phi) is 5.96. The predicted molar refractivity (Wildman–Crippen MR) is 74.2 cm³/mol. The molecule has 0 aliphatic rings. The molecule has 1 aromatic rings. The minimum atomic E-state index is -4.56. The number of alkyl halides is 3. The van der Waals surface area contributed by atoms with Crippen molar-refractivity contribution in [3.63, 3.8) is 0 Å². The molecule has 22 heavy (non-hydrogen) atoms. The highest BCUT2D eigenvalue weighted by Gasteiger charge is 2.33. The third kappa shape index (κ3) is 4.75. The molecule has 0 saturated carbocycles. The standard InChI is InChI=1S/C15H18F3NO3/c1-3-9(2)13(14(21)22)19-12(20)8-10-6-4-5-7-11(10)15(16,17)18/h4-7,9,13H,3,8H2,1-2H3,(H,19,20)(H,21,22)/t9-,13-/m0/s1. The SMILES string of the molecule is CC[C@H](C)[C@H](NC(=O)Cc1ccccc1C(F)(F)F)C(=O)O. The van der Waals surface area contributed by atoms with Crippen LogP contribution in [0.15, 0.2) is 24.3 Å². The zero-order valence-corrected chi connectivity index (χ0v) is 12.3. The van der Waals surface area contributed by atoms with Crippen LogP contribution in [0.5, 0.6) is 0 Å². The van der Waals surface area contributed by atoms with Gasteiger partial charge in [-0.3, -0.25) is 4.79 Å². The normalized spacial score (nSPS) is 14.2. The van der Waals surface area contributed by atoms with Crippen LogP contribution in [0.1, 0.15) is 31.4 Å². The van der Waals surface area contributed by atoms with Gasteiger partial charge in [0.2, 0.25) is 5.91 Å². The number of aliphatic carboxylic acids is 1. The van der Waals surface area contributed by atoms with Gasteiger partial charge in [-0.1, -0.05) is 38.5 Å². The lowest BCUT2D eigenvalue weighted by Gasteiger charge is -2.20. The number of carboxylic acids is 1. The third-order valence-electron chi connectivity index (χ3n) is 3.47. The molecule has 0 spiro atoms. The molecular weight excluding hydrogens is 299 g/mol. The molecular formula is C15H18F3NO3. The van der Waals surface area contributed by atoms with Crippen LogP contribution >= 0.6 is 0 Å². The Labute approximate surface area is 126 Å². The summed E-state index contributed by atoms with van der Waals surface area (Å²) in [4.78, 5) is 23.0. The van der Waals surface area contributed by atoms with E-state index in [1.165, 1.54) is 18.2 Å². The maximum atomic E-state index is 12.8. The van der Waals surface area contributed by atoms with Crippen molar-refractivity contribution in [1.29, 1.82) is 0 Å². The minimum Gasteiger partial charge on any atom is -0.480 e. The lowest BCUT2D eigenvalue weighted by Crippen LogP contribution is -2.45. The topological polar surface area (TPSA) is 66.4 Å². The summed E-state index contributed by atoms with van der Waals surface area (Å²) in [6, 6.07) is 3.63. The Balaban J connectivity index is 2.88. The van der Waals surface area contributed by atoms with Gasteiger partial charge in [-0.15, -0.1) is 0 Å². The predicted octanol–water partition coefficient (Wildman–Crippen LogP) is 2.86. The quantitative estimate of drug-likeness (QED) is 0.848. The highest BCUT2D eigenvalue weighted by Crippen LogP contribution is 2.32. The van der Waals surface area contributed by atoms with E-state index < -0.39 is 36.1 Å². The molecule has 0 aromatic heterocycles. The smallest absolute Gasteiger partial charge is 0.416 e. The second-order valence-electron chi connectivity index (χ2n) is 5.10. The van der Waals surface area contributed by atoms with E-state index in [9.17, 15) is 22.8 Å². The summed E-state index contributed by atoms with van der Waals surface area (Å²) in [6.07, 6.45) is -4.55. The first-order valence-corrected chi connectivity index (χ1v) is 6.84. The third-order valence-corrected chi connectivity index (χ3v) is 3.47. The Morgan fingerprint density at radius 2 is 1.86 bits per heavy atom.